The van der Waals surface area contributed by atoms with E-state index in [0.29, 0.717) is 11.1 Å². The first kappa shape index (κ1) is 21.6. The smallest absolute Gasteiger partial charge is 0.416 e. The van der Waals surface area contributed by atoms with Gasteiger partial charge in [-0.05, 0) is 48.4 Å². The Morgan fingerprint density at radius 2 is 1.90 bits per heavy atom. The molecular formula is C21H17F3N2O3. The van der Waals surface area contributed by atoms with Crippen LogP contribution in [0.4, 0.5) is 13.2 Å². The number of benzene rings is 2. The second kappa shape index (κ2) is 8.97. The monoisotopic (exact) mass is 402 g/mol. The Balaban J connectivity index is 2.07. The summed E-state index contributed by atoms with van der Waals surface area (Å²) in [7, 11) is 0. The Bertz CT molecular complexity index is 1020. The molecule has 0 bridgehead atoms. The molecule has 0 aromatic heterocycles. The van der Waals surface area contributed by atoms with Gasteiger partial charge in [0, 0.05) is 6.54 Å². The van der Waals surface area contributed by atoms with Crippen LogP contribution in [0.25, 0.3) is 6.08 Å². The van der Waals surface area contributed by atoms with Gasteiger partial charge in [0.05, 0.1) is 5.56 Å². The summed E-state index contributed by atoms with van der Waals surface area (Å²) in [6.45, 7) is 1.35. The summed E-state index contributed by atoms with van der Waals surface area (Å²) in [5.41, 5.74) is 0.137. The van der Waals surface area contributed by atoms with Crippen LogP contribution in [0.15, 0.2) is 54.1 Å². The van der Waals surface area contributed by atoms with Crippen LogP contribution >= 0.6 is 0 Å². The lowest BCUT2D eigenvalue weighted by atomic mass is 10.1. The standard InChI is InChI=1S/C21H17F3N2O3/c1-13-7-15(9-17(8-13)21(22,23)24)12-26-20(29)16(11-25)4-2-3-14-5-6-18(27)19(28)10-14/h2-10,27-28H,12H2,1H3,(H,26,29)/b3-2+,16-4+. The summed E-state index contributed by atoms with van der Waals surface area (Å²) in [5, 5.41) is 30.2. The van der Waals surface area contributed by atoms with Crippen LogP contribution in [0.1, 0.15) is 22.3 Å². The third-order valence-corrected chi connectivity index (χ3v) is 3.83. The number of nitrogens with zero attached hydrogens (tertiary/aromatic N) is 1. The number of hydrogen-bond donors (Lipinski definition) is 3. The molecule has 0 spiro atoms. The molecule has 1 amide bonds. The predicted octanol–water partition coefficient (Wildman–Crippen LogP) is 4.20. The lowest BCUT2D eigenvalue weighted by molar-refractivity contribution is -0.137. The number of allylic oxidation sites excluding steroid dienone is 2. The van der Waals surface area contributed by atoms with Gasteiger partial charge in [-0.3, -0.25) is 4.79 Å². The van der Waals surface area contributed by atoms with Gasteiger partial charge in [-0.15, -0.1) is 0 Å². The van der Waals surface area contributed by atoms with E-state index < -0.39 is 17.6 Å². The van der Waals surface area contributed by atoms with Crippen LogP contribution in [0.2, 0.25) is 0 Å². The zero-order valence-electron chi connectivity index (χ0n) is 15.3. The summed E-state index contributed by atoms with van der Waals surface area (Å²) in [6, 6.07) is 9.29. The molecule has 2 aromatic rings. The Hall–Kier alpha value is -3.73. The maximum absolute atomic E-state index is 12.9. The summed E-state index contributed by atoms with van der Waals surface area (Å²) in [6.07, 6.45) is -0.356. The Morgan fingerprint density at radius 3 is 2.52 bits per heavy atom. The van der Waals surface area contributed by atoms with E-state index in [1.165, 1.54) is 49.4 Å². The number of nitrogens with one attached hydrogen (secondary N) is 1. The topological polar surface area (TPSA) is 93.4 Å². The third kappa shape index (κ3) is 6.14. The Kier molecular flexibility index (Phi) is 6.67. The first-order chi connectivity index (χ1) is 13.6. The van der Waals surface area contributed by atoms with Crippen molar-refractivity contribution in [1.29, 1.82) is 5.26 Å². The molecule has 3 N–H and O–H groups in total. The van der Waals surface area contributed by atoms with E-state index in [4.69, 9.17) is 5.26 Å². The van der Waals surface area contributed by atoms with E-state index in [-0.39, 0.29) is 29.2 Å². The normalized spacial score (nSPS) is 12.0. The number of phenols is 2. The van der Waals surface area contributed by atoms with Crippen LogP contribution in [0, 0.1) is 18.3 Å². The van der Waals surface area contributed by atoms with Gasteiger partial charge in [-0.1, -0.05) is 29.8 Å². The molecule has 0 aliphatic carbocycles. The van der Waals surface area contributed by atoms with Crippen LogP contribution in [0.3, 0.4) is 0 Å². The van der Waals surface area contributed by atoms with E-state index in [2.05, 4.69) is 5.32 Å². The molecule has 0 atom stereocenters. The molecule has 0 fully saturated rings. The fourth-order valence-corrected chi connectivity index (χ4v) is 2.47. The van der Waals surface area contributed by atoms with E-state index >= 15 is 0 Å². The van der Waals surface area contributed by atoms with Gasteiger partial charge >= 0.3 is 6.18 Å². The molecule has 0 saturated carbocycles. The van der Waals surface area contributed by atoms with Crippen molar-refractivity contribution in [1.82, 2.24) is 5.32 Å². The van der Waals surface area contributed by atoms with Crippen molar-refractivity contribution >= 4 is 12.0 Å². The maximum atomic E-state index is 12.9. The van der Waals surface area contributed by atoms with E-state index in [0.717, 1.165) is 12.1 Å². The largest absolute Gasteiger partial charge is 0.504 e. The van der Waals surface area contributed by atoms with E-state index in [1.807, 2.05) is 0 Å². The van der Waals surface area contributed by atoms with Crippen molar-refractivity contribution in [2.45, 2.75) is 19.6 Å². The quantitative estimate of drug-likeness (QED) is 0.302. The summed E-state index contributed by atoms with van der Waals surface area (Å²) in [5.74, 6) is -1.33. The van der Waals surface area contributed by atoms with Gasteiger partial charge in [0.15, 0.2) is 11.5 Å². The number of hydrogen-bond acceptors (Lipinski definition) is 4. The molecule has 2 aromatic carbocycles. The first-order valence-corrected chi connectivity index (χ1v) is 8.36. The number of amides is 1. The number of rotatable bonds is 5. The van der Waals surface area contributed by atoms with Crippen molar-refractivity contribution in [2.75, 3.05) is 0 Å². The summed E-state index contributed by atoms with van der Waals surface area (Å²) in [4.78, 5) is 12.1. The number of carbonyl (C=O) groups is 1. The highest BCUT2D eigenvalue weighted by atomic mass is 19.4. The average molecular weight is 402 g/mol. The molecule has 5 nitrogen and oxygen atoms in total. The minimum absolute atomic E-state index is 0.168. The first-order valence-electron chi connectivity index (χ1n) is 8.36. The number of aryl methyl sites for hydroxylation is 1. The van der Waals surface area contributed by atoms with Crippen molar-refractivity contribution < 1.29 is 28.2 Å². The zero-order chi connectivity index (χ0) is 21.6. The van der Waals surface area contributed by atoms with Crippen molar-refractivity contribution in [3.05, 3.63) is 76.4 Å². The molecule has 0 radical (unpaired) electrons. The Morgan fingerprint density at radius 1 is 1.17 bits per heavy atom. The molecule has 0 aliphatic heterocycles. The summed E-state index contributed by atoms with van der Waals surface area (Å²) >= 11 is 0. The predicted molar refractivity (Wildman–Crippen MR) is 101 cm³/mol. The van der Waals surface area contributed by atoms with Crippen molar-refractivity contribution in [3.8, 4) is 17.6 Å². The van der Waals surface area contributed by atoms with Gasteiger partial charge in [0.1, 0.15) is 11.6 Å². The van der Waals surface area contributed by atoms with Crippen molar-refractivity contribution in [2.24, 2.45) is 0 Å². The number of nitriles is 1. The van der Waals surface area contributed by atoms with Gasteiger partial charge < -0.3 is 15.5 Å². The minimum atomic E-state index is -4.49. The Labute approximate surface area is 165 Å². The fraction of sp³-hybridized carbons (Fsp3) is 0.143. The number of halogens is 3. The zero-order valence-corrected chi connectivity index (χ0v) is 15.3. The number of aromatic hydroxyl groups is 2. The molecular weight excluding hydrogens is 385 g/mol. The van der Waals surface area contributed by atoms with Gasteiger partial charge in [0.25, 0.3) is 5.91 Å². The van der Waals surface area contributed by atoms with Gasteiger partial charge in [-0.2, -0.15) is 18.4 Å². The molecule has 150 valence electrons. The second-order valence-electron chi connectivity index (χ2n) is 6.19. The number of alkyl halides is 3. The van der Waals surface area contributed by atoms with Crippen LogP contribution in [-0.2, 0) is 17.5 Å². The van der Waals surface area contributed by atoms with E-state index in [9.17, 15) is 28.2 Å². The van der Waals surface area contributed by atoms with Gasteiger partial charge in [0.2, 0.25) is 0 Å². The highest BCUT2D eigenvalue weighted by Crippen LogP contribution is 2.30. The number of carbonyl (C=O) groups excluding carboxylic acids is 1. The molecule has 29 heavy (non-hydrogen) atoms. The highest BCUT2D eigenvalue weighted by Gasteiger charge is 2.30. The lowest BCUT2D eigenvalue weighted by Gasteiger charge is -2.11. The highest BCUT2D eigenvalue weighted by molar-refractivity contribution is 5.97. The van der Waals surface area contributed by atoms with E-state index in [1.54, 1.807) is 6.07 Å². The SMILES string of the molecule is Cc1cc(CNC(=O)/C(C#N)=C/C=C/c2ccc(O)c(O)c2)cc(C(F)(F)F)c1. The van der Waals surface area contributed by atoms with Crippen LogP contribution < -0.4 is 5.32 Å². The second-order valence-corrected chi connectivity index (χ2v) is 6.19. The lowest BCUT2D eigenvalue weighted by Crippen LogP contribution is -2.24. The molecule has 0 unspecified atom stereocenters. The van der Waals surface area contributed by atoms with Crippen molar-refractivity contribution in [3.63, 3.8) is 0 Å². The van der Waals surface area contributed by atoms with Crippen LogP contribution in [0.5, 0.6) is 11.5 Å². The number of phenolic OH excluding ortho intramolecular Hbond substituents is 2. The molecule has 0 heterocycles. The van der Waals surface area contributed by atoms with Crippen LogP contribution in [-0.4, -0.2) is 16.1 Å². The maximum Gasteiger partial charge on any atom is 0.416 e. The minimum Gasteiger partial charge on any atom is -0.504 e. The third-order valence-electron chi connectivity index (χ3n) is 3.83. The average Bonchev–Trinajstić information content (AvgIpc) is 2.65. The summed E-state index contributed by atoms with van der Waals surface area (Å²) < 4.78 is 38.6. The molecule has 0 aliphatic rings. The molecule has 8 heteroatoms. The molecule has 0 saturated heterocycles. The van der Waals surface area contributed by atoms with Gasteiger partial charge in [-0.25, -0.2) is 0 Å². The fourth-order valence-electron chi connectivity index (χ4n) is 2.47. The molecule has 2 rings (SSSR count).